The van der Waals surface area contributed by atoms with E-state index in [-0.39, 0.29) is 0 Å². The molecule has 0 aromatic heterocycles. The highest BCUT2D eigenvalue weighted by Gasteiger charge is 1.87. The summed E-state index contributed by atoms with van der Waals surface area (Å²) in [5, 5.41) is 6.59. The number of methoxy groups -OCH3 is 1. The molecule has 10 heavy (non-hydrogen) atoms. The summed E-state index contributed by atoms with van der Waals surface area (Å²) >= 11 is 0. The van der Waals surface area contributed by atoms with Gasteiger partial charge in [-0.05, 0) is 0 Å². The minimum atomic E-state index is 0.681. The van der Waals surface area contributed by atoms with Crippen molar-refractivity contribution in [2.24, 2.45) is 4.99 Å². The van der Waals surface area contributed by atoms with E-state index in [9.17, 15) is 0 Å². The second-order valence-electron chi connectivity index (χ2n) is 1.87. The lowest BCUT2D eigenvalue weighted by molar-refractivity contribution is 0.184. The number of rotatable bonds is 5. The number of ether oxygens (including phenoxy) is 1. The number of likely N-dealkylation sites (N-methyl/N-ethyl adjacent to an activating group) is 1. The molecule has 1 N–H and O–H groups in total. The Morgan fingerprint density at radius 2 is 2.40 bits per heavy atom. The van der Waals surface area contributed by atoms with E-state index in [1.54, 1.807) is 13.4 Å². The summed E-state index contributed by atoms with van der Waals surface area (Å²) in [6, 6.07) is 0. The smallest absolute Gasteiger partial charge is 0.108 e. The van der Waals surface area contributed by atoms with Crippen molar-refractivity contribution >= 4 is 12.7 Å². The molecule has 0 aromatic carbocycles. The maximum Gasteiger partial charge on any atom is 0.108 e. The van der Waals surface area contributed by atoms with Crippen LogP contribution in [-0.4, -0.2) is 44.9 Å². The molecule has 0 atom stereocenters. The quantitative estimate of drug-likeness (QED) is 0.441. The van der Waals surface area contributed by atoms with Crippen molar-refractivity contribution in [3.05, 3.63) is 0 Å². The molecule has 0 fully saturated rings. The van der Waals surface area contributed by atoms with E-state index in [1.807, 2.05) is 11.9 Å². The highest BCUT2D eigenvalue weighted by Crippen LogP contribution is 1.76. The molecule has 0 bridgehead atoms. The Labute approximate surface area is 61.0 Å². The van der Waals surface area contributed by atoms with Gasteiger partial charge in [0.25, 0.3) is 0 Å². The van der Waals surface area contributed by atoms with Gasteiger partial charge >= 0.3 is 0 Å². The number of hydrogen-bond acceptors (Lipinski definition) is 2. The van der Waals surface area contributed by atoms with E-state index in [0.717, 1.165) is 12.9 Å². The Balaban J connectivity index is 3.32. The van der Waals surface area contributed by atoms with Crippen LogP contribution in [0.4, 0.5) is 0 Å². The predicted octanol–water partition coefficient (Wildman–Crippen LogP) is 0.200. The normalized spacial score (nSPS) is 10.2. The molecule has 0 aromatic rings. The van der Waals surface area contributed by atoms with E-state index >= 15 is 0 Å². The van der Waals surface area contributed by atoms with Crippen LogP contribution in [0.1, 0.15) is 0 Å². The van der Waals surface area contributed by atoms with Gasteiger partial charge in [0, 0.05) is 20.7 Å². The Kier molecular flexibility index (Phi) is 5.66. The van der Waals surface area contributed by atoms with Crippen LogP contribution in [0, 0.1) is 5.41 Å². The second kappa shape index (κ2) is 6.22. The molecule has 0 amide bonds. The SMILES string of the molecule is COCCN(C)C=NC=N. The number of nitrogens with zero attached hydrogens (tertiary/aromatic N) is 2. The van der Waals surface area contributed by atoms with Gasteiger partial charge in [-0.1, -0.05) is 0 Å². The molecular weight excluding hydrogens is 130 g/mol. The Hall–Kier alpha value is -0.900. The minimum Gasteiger partial charge on any atom is -0.383 e. The van der Waals surface area contributed by atoms with E-state index in [4.69, 9.17) is 10.1 Å². The lowest BCUT2D eigenvalue weighted by Gasteiger charge is -2.10. The maximum atomic E-state index is 6.59. The molecule has 4 heteroatoms. The van der Waals surface area contributed by atoms with Crippen LogP contribution in [0.25, 0.3) is 0 Å². The zero-order valence-corrected chi connectivity index (χ0v) is 6.37. The van der Waals surface area contributed by atoms with E-state index < -0.39 is 0 Å². The van der Waals surface area contributed by atoms with Gasteiger partial charge in [-0.15, -0.1) is 0 Å². The third kappa shape index (κ3) is 5.24. The molecule has 0 saturated carbocycles. The van der Waals surface area contributed by atoms with Crippen LogP contribution in [0.2, 0.25) is 0 Å². The third-order valence-electron chi connectivity index (χ3n) is 0.986. The largest absolute Gasteiger partial charge is 0.383 e. The van der Waals surface area contributed by atoms with Crippen molar-refractivity contribution in [3.8, 4) is 0 Å². The van der Waals surface area contributed by atoms with E-state index in [2.05, 4.69) is 4.99 Å². The van der Waals surface area contributed by atoms with Crippen LogP contribution in [0.15, 0.2) is 4.99 Å². The molecule has 0 rings (SSSR count). The van der Waals surface area contributed by atoms with Crippen molar-refractivity contribution in [1.82, 2.24) is 4.90 Å². The van der Waals surface area contributed by atoms with Gasteiger partial charge in [-0.3, -0.25) is 5.41 Å². The highest BCUT2D eigenvalue weighted by molar-refractivity contribution is 5.68. The van der Waals surface area contributed by atoms with E-state index in [1.165, 1.54) is 0 Å². The number of nitrogens with one attached hydrogen (secondary N) is 1. The number of aliphatic imine (C=N–C) groups is 1. The molecule has 4 nitrogen and oxygen atoms in total. The lowest BCUT2D eigenvalue weighted by Crippen LogP contribution is -2.20. The monoisotopic (exact) mass is 143 g/mol. The topological polar surface area (TPSA) is 48.7 Å². The summed E-state index contributed by atoms with van der Waals surface area (Å²) < 4.78 is 4.83. The molecule has 0 aliphatic carbocycles. The first-order chi connectivity index (χ1) is 4.81. The fourth-order valence-corrected chi connectivity index (χ4v) is 0.440. The van der Waals surface area contributed by atoms with Gasteiger partial charge in [0.15, 0.2) is 0 Å². The van der Waals surface area contributed by atoms with Crippen molar-refractivity contribution in [3.63, 3.8) is 0 Å². The molecule has 0 radical (unpaired) electrons. The van der Waals surface area contributed by atoms with Crippen molar-refractivity contribution in [2.75, 3.05) is 27.3 Å². The maximum absolute atomic E-state index is 6.59. The Morgan fingerprint density at radius 3 is 2.90 bits per heavy atom. The molecule has 0 aliphatic rings. The molecule has 0 saturated heterocycles. The molecular formula is C6H13N3O. The van der Waals surface area contributed by atoms with Gasteiger partial charge in [-0.25, -0.2) is 4.99 Å². The minimum absolute atomic E-state index is 0.681. The van der Waals surface area contributed by atoms with Crippen LogP contribution in [0.5, 0.6) is 0 Å². The van der Waals surface area contributed by atoms with Crippen LogP contribution < -0.4 is 0 Å². The Bertz CT molecular complexity index is 114. The summed E-state index contributed by atoms with van der Waals surface area (Å²) in [4.78, 5) is 5.47. The first-order valence-electron chi connectivity index (χ1n) is 3.02. The van der Waals surface area contributed by atoms with Gasteiger partial charge in [0.1, 0.15) is 6.34 Å². The first kappa shape index (κ1) is 9.10. The standard InChI is InChI=1S/C6H13N3O/c1-9(3-4-10-2)6-8-5-7/h5-7H,3-4H2,1-2H3. The zero-order valence-electron chi connectivity index (χ0n) is 6.37. The summed E-state index contributed by atoms with van der Waals surface area (Å²) in [6.45, 7) is 1.48. The zero-order chi connectivity index (χ0) is 7.82. The molecule has 58 valence electrons. The predicted molar refractivity (Wildman–Crippen MR) is 41.8 cm³/mol. The average molecular weight is 143 g/mol. The molecule has 0 spiro atoms. The number of hydrogen-bond donors (Lipinski definition) is 1. The van der Waals surface area contributed by atoms with E-state index in [0.29, 0.717) is 6.61 Å². The average Bonchev–Trinajstić information content (AvgIpc) is 1.97. The van der Waals surface area contributed by atoms with Crippen molar-refractivity contribution in [2.45, 2.75) is 0 Å². The summed E-state index contributed by atoms with van der Waals surface area (Å²) in [6.07, 6.45) is 2.59. The molecule has 0 unspecified atom stereocenters. The summed E-state index contributed by atoms with van der Waals surface area (Å²) in [5.41, 5.74) is 0. The molecule has 0 aliphatic heterocycles. The fraction of sp³-hybridized carbons (Fsp3) is 0.667. The van der Waals surface area contributed by atoms with Crippen LogP contribution >= 0.6 is 0 Å². The lowest BCUT2D eigenvalue weighted by atomic mass is 10.6. The second-order valence-corrected chi connectivity index (χ2v) is 1.87. The van der Waals surface area contributed by atoms with Gasteiger partial charge in [0.2, 0.25) is 0 Å². The van der Waals surface area contributed by atoms with Gasteiger partial charge in [-0.2, -0.15) is 0 Å². The first-order valence-corrected chi connectivity index (χ1v) is 3.02. The van der Waals surface area contributed by atoms with Crippen molar-refractivity contribution < 1.29 is 4.74 Å². The van der Waals surface area contributed by atoms with Gasteiger partial charge in [0.05, 0.1) is 12.9 Å². The summed E-state index contributed by atoms with van der Waals surface area (Å²) in [7, 11) is 3.54. The Morgan fingerprint density at radius 1 is 1.70 bits per heavy atom. The van der Waals surface area contributed by atoms with Crippen LogP contribution in [-0.2, 0) is 4.74 Å². The fourth-order valence-electron chi connectivity index (χ4n) is 0.440. The molecule has 0 heterocycles. The summed E-state index contributed by atoms with van der Waals surface area (Å²) in [5.74, 6) is 0. The van der Waals surface area contributed by atoms with Crippen LogP contribution in [0.3, 0.4) is 0 Å². The highest BCUT2D eigenvalue weighted by atomic mass is 16.5. The van der Waals surface area contributed by atoms with Crippen molar-refractivity contribution in [1.29, 1.82) is 5.41 Å². The van der Waals surface area contributed by atoms with Gasteiger partial charge < -0.3 is 9.64 Å². The third-order valence-corrected chi connectivity index (χ3v) is 0.986.